The number of nitrogens with zero attached hydrogens (tertiary/aromatic N) is 1. The normalized spacial score (nSPS) is 39.1. The Kier molecular flexibility index (Phi) is 4.05. The molecule has 0 spiro atoms. The number of piperidine rings is 1. The molecule has 1 N–H and O–H groups in total. The van der Waals surface area contributed by atoms with E-state index in [1.807, 2.05) is 18.7 Å². The molecule has 0 bridgehead atoms. The molecule has 2 rings (SSSR count). The van der Waals surface area contributed by atoms with Crippen molar-refractivity contribution in [3.05, 3.63) is 0 Å². The summed E-state index contributed by atoms with van der Waals surface area (Å²) < 4.78 is 5.67. The molecule has 0 radical (unpaired) electrons. The lowest BCUT2D eigenvalue weighted by Gasteiger charge is -2.38. The summed E-state index contributed by atoms with van der Waals surface area (Å²) in [4.78, 5) is 14.4. The fourth-order valence-electron chi connectivity index (χ4n) is 2.96. The number of amides is 1. The predicted molar refractivity (Wildman–Crippen MR) is 66.7 cm³/mol. The molecular formula is C13H24N2O2. The van der Waals surface area contributed by atoms with Crippen LogP contribution in [0.1, 0.15) is 27.2 Å². The van der Waals surface area contributed by atoms with Crippen LogP contribution in [-0.2, 0) is 9.53 Å². The first-order valence-electron chi connectivity index (χ1n) is 6.71. The van der Waals surface area contributed by atoms with E-state index < -0.39 is 0 Å². The number of ether oxygens (including phenoxy) is 1. The zero-order valence-corrected chi connectivity index (χ0v) is 11.1. The first kappa shape index (κ1) is 12.8. The Morgan fingerprint density at radius 2 is 1.82 bits per heavy atom. The zero-order chi connectivity index (χ0) is 12.4. The lowest BCUT2D eigenvalue weighted by molar-refractivity contribution is -0.148. The molecule has 0 aromatic heterocycles. The van der Waals surface area contributed by atoms with Crippen molar-refractivity contribution in [3.63, 3.8) is 0 Å². The Labute approximate surface area is 104 Å². The first-order chi connectivity index (χ1) is 8.06. The summed E-state index contributed by atoms with van der Waals surface area (Å²) in [5, 5.41) is 3.35. The summed E-state index contributed by atoms with van der Waals surface area (Å²) >= 11 is 0. The van der Waals surface area contributed by atoms with Crippen LogP contribution in [-0.4, -0.2) is 49.2 Å². The van der Waals surface area contributed by atoms with E-state index in [0.717, 1.165) is 32.6 Å². The number of rotatable bonds is 1. The second kappa shape index (κ2) is 5.36. The molecule has 0 aromatic rings. The lowest BCUT2D eigenvalue weighted by Crippen LogP contribution is -2.52. The number of nitrogens with one attached hydrogen (secondary N) is 1. The number of hydrogen-bond donors (Lipinski definition) is 1. The van der Waals surface area contributed by atoms with E-state index in [9.17, 15) is 4.79 Å². The molecule has 2 unspecified atom stereocenters. The van der Waals surface area contributed by atoms with Gasteiger partial charge in [-0.15, -0.1) is 0 Å². The van der Waals surface area contributed by atoms with Crippen molar-refractivity contribution in [1.82, 2.24) is 10.2 Å². The van der Waals surface area contributed by atoms with Gasteiger partial charge in [0.15, 0.2) is 0 Å². The predicted octanol–water partition coefficient (Wildman–Crippen LogP) is 0.868. The summed E-state index contributed by atoms with van der Waals surface area (Å²) in [6, 6.07) is 0. The largest absolute Gasteiger partial charge is 0.372 e. The standard InChI is InChI=1S/C13H24N2O2/c1-9-4-12(6-14-5-9)13(16)15-7-10(2)17-11(3)8-15/h9-12,14H,4-8H2,1-3H3/t9?,10-,11+,12?. The highest BCUT2D eigenvalue weighted by Gasteiger charge is 2.32. The van der Waals surface area contributed by atoms with Crippen molar-refractivity contribution in [2.45, 2.75) is 39.4 Å². The van der Waals surface area contributed by atoms with Crippen LogP contribution in [0, 0.1) is 11.8 Å². The number of morpholine rings is 1. The van der Waals surface area contributed by atoms with Gasteiger partial charge in [-0.3, -0.25) is 4.79 Å². The molecule has 4 nitrogen and oxygen atoms in total. The van der Waals surface area contributed by atoms with Crippen molar-refractivity contribution < 1.29 is 9.53 Å². The molecule has 0 aliphatic carbocycles. The van der Waals surface area contributed by atoms with Crippen LogP contribution >= 0.6 is 0 Å². The van der Waals surface area contributed by atoms with Crippen LogP contribution in [0.5, 0.6) is 0 Å². The molecular weight excluding hydrogens is 216 g/mol. The summed E-state index contributed by atoms with van der Waals surface area (Å²) in [6.45, 7) is 9.65. The third-order valence-corrected chi connectivity index (χ3v) is 3.65. The summed E-state index contributed by atoms with van der Waals surface area (Å²) in [5.41, 5.74) is 0. The number of carbonyl (C=O) groups excluding carboxylic acids is 1. The van der Waals surface area contributed by atoms with E-state index in [0.29, 0.717) is 11.8 Å². The molecule has 2 aliphatic heterocycles. The second-order valence-corrected chi connectivity index (χ2v) is 5.70. The van der Waals surface area contributed by atoms with Crippen LogP contribution in [0.15, 0.2) is 0 Å². The Bertz CT molecular complexity index is 273. The second-order valence-electron chi connectivity index (χ2n) is 5.70. The topological polar surface area (TPSA) is 41.6 Å². The van der Waals surface area contributed by atoms with Crippen LogP contribution in [0.3, 0.4) is 0 Å². The molecule has 1 amide bonds. The van der Waals surface area contributed by atoms with E-state index in [2.05, 4.69) is 12.2 Å². The Morgan fingerprint density at radius 1 is 1.18 bits per heavy atom. The van der Waals surface area contributed by atoms with E-state index in [1.54, 1.807) is 0 Å². The number of hydrogen-bond acceptors (Lipinski definition) is 3. The molecule has 2 fully saturated rings. The maximum Gasteiger partial charge on any atom is 0.227 e. The van der Waals surface area contributed by atoms with Gasteiger partial charge >= 0.3 is 0 Å². The maximum absolute atomic E-state index is 12.4. The highest BCUT2D eigenvalue weighted by molar-refractivity contribution is 5.79. The molecule has 2 heterocycles. The summed E-state index contributed by atoms with van der Waals surface area (Å²) in [6.07, 6.45) is 1.35. The van der Waals surface area contributed by atoms with Gasteiger partial charge < -0.3 is 15.0 Å². The molecule has 2 aliphatic rings. The molecule has 17 heavy (non-hydrogen) atoms. The zero-order valence-electron chi connectivity index (χ0n) is 11.1. The minimum Gasteiger partial charge on any atom is -0.372 e. The quantitative estimate of drug-likeness (QED) is 0.739. The van der Waals surface area contributed by atoms with Gasteiger partial charge in [0.1, 0.15) is 0 Å². The maximum atomic E-state index is 12.4. The monoisotopic (exact) mass is 240 g/mol. The van der Waals surface area contributed by atoms with Crippen LogP contribution < -0.4 is 5.32 Å². The smallest absolute Gasteiger partial charge is 0.227 e. The molecule has 0 saturated carbocycles. The van der Waals surface area contributed by atoms with E-state index >= 15 is 0 Å². The summed E-state index contributed by atoms with van der Waals surface area (Å²) in [5.74, 6) is 1.08. The SMILES string of the molecule is CC1CNCC(C(=O)N2C[C@@H](C)O[C@@H](C)C2)C1. The van der Waals surface area contributed by atoms with Gasteiger partial charge in [-0.25, -0.2) is 0 Å². The number of carbonyl (C=O) groups is 1. The summed E-state index contributed by atoms with van der Waals surface area (Å²) in [7, 11) is 0. The third kappa shape index (κ3) is 3.19. The lowest BCUT2D eigenvalue weighted by atomic mass is 9.90. The minimum absolute atomic E-state index is 0.163. The Hall–Kier alpha value is -0.610. The minimum atomic E-state index is 0.163. The third-order valence-electron chi connectivity index (χ3n) is 3.65. The Morgan fingerprint density at radius 3 is 2.41 bits per heavy atom. The van der Waals surface area contributed by atoms with Gasteiger partial charge in [-0.1, -0.05) is 6.92 Å². The average molecular weight is 240 g/mol. The van der Waals surface area contributed by atoms with Gasteiger partial charge in [-0.2, -0.15) is 0 Å². The first-order valence-corrected chi connectivity index (χ1v) is 6.71. The van der Waals surface area contributed by atoms with Gasteiger partial charge in [0.2, 0.25) is 5.91 Å². The van der Waals surface area contributed by atoms with Crippen molar-refractivity contribution in [3.8, 4) is 0 Å². The fourth-order valence-corrected chi connectivity index (χ4v) is 2.96. The van der Waals surface area contributed by atoms with E-state index in [4.69, 9.17) is 4.74 Å². The van der Waals surface area contributed by atoms with E-state index in [-0.39, 0.29) is 18.1 Å². The van der Waals surface area contributed by atoms with Gasteiger partial charge in [0.05, 0.1) is 18.1 Å². The van der Waals surface area contributed by atoms with Gasteiger partial charge in [0.25, 0.3) is 0 Å². The molecule has 2 saturated heterocycles. The highest BCUT2D eigenvalue weighted by atomic mass is 16.5. The van der Waals surface area contributed by atoms with Crippen LogP contribution in [0.2, 0.25) is 0 Å². The molecule has 4 heteroatoms. The average Bonchev–Trinajstić information content (AvgIpc) is 2.26. The van der Waals surface area contributed by atoms with Crippen molar-refractivity contribution >= 4 is 5.91 Å². The van der Waals surface area contributed by atoms with Gasteiger partial charge in [0, 0.05) is 19.6 Å². The van der Waals surface area contributed by atoms with Crippen LogP contribution in [0.25, 0.3) is 0 Å². The fraction of sp³-hybridized carbons (Fsp3) is 0.923. The molecule has 0 aromatic carbocycles. The van der Waals surface area contributed by atoms with Crippen LogP contribution in [0.4, 0.5) is 0 Å². The van der Waals surface area contributed by atoms with Gasteiger partial charge in [-0.05, 0) is 32.7 Å². The highest BCUT2D eigenvalue weighted by Crippen LogP contribution is 2.20. The Balaban J connectivity index is 1.94. The van der Waals surface area contributed by atoms with Crippen molar-refractivity contribution in [2.24, 2.45) is 11.8 Å². The van der Waals surface area contributed by atoms with E-state index in [1.165, 1.54) is 0 Å². The molecule has 4 atom stereocenters. The molecule has 98 valence electrons. The van der Waals surface area contributed by atoms with Crippen molar-refractivity contribution in [1.29, 1.82) is 0 Å². The van der Waals surface area contributed by atoms with Crippen molar-refractivity contribution in [2.75, 3.05) is 26.2 Å².